The minimum absolute atomic E-state index is 0.0858. The van der Waals surface area contributed by atoms with Crippen LogP contribution in [0.25, 0.3) is 0 Å². The molecule has 2 aromatic carbocycles. The molecule has 2 nitrogen and oxygen atoms in total. The molecule has 1 atom stereocenters. The molecule has 1 unspecified atom stereocenters. The molecule has 2 rings (SSSR count). The van der Waals surface area contributed by atoms with E-state index >= 15 is 0 Å². The predicted octanol–water partition coefficient (Wildman–Crippen LogP) is 3.28. The third-order valence-electron chi connectivity index (χ3n) is 2.59. The molecular weight excluding hydrogens is 287 g/mol. The first-order chi connectivity index (χ1) is 9.51. The van der Waals surface area contributed by atoms with Crippen molar-refractivity contribution in [2.24, 2.45) is 0 Å². The molecule has 0 fully saturated rings. The summed E-state index contributed by atoms with van der Waals surface area (Å²) in [6, 6.07) is 8.16. The van der Waals surface area contributed by atoms with Crippen LogP contribution in [0.5, 0.6) is 0 Å². The fourth-order valence-corrected chi connectivity index (χ4v) is 2.77. The quantitative estimate of drug-likeness (QED) is 0.872. The lowest BCUT2D eigenvalue weighted by Gasteiger charge is -2.05. The molecule has 0 aliphatic rings. The van der Waals surface area contributed by atoms with Gasteiger partial charge in [0.05, 0.1) is 27.0 Å². The predicted molar refractivity (Wildman–Crippen MR) is 67.6 cm³/mol. The zero-order chi connectivity index (χ0) is 14.7. The Morgan fingerprint density at radius 2 is 1.80 bits per heavy atom. The summed E-state index contributed by atoms with van der Waals surface area (Å²) in [5, 5.41) is 8.70. The SMILES string of the molecule is N#Cc1cc(CS(=O)c2ccc(F)cc2F)ccc1F. The van der Waals surface area contributed by atoms with E-state index in [1.54, 1.807) is 6.07 Å². The molecule has 0 heterocycles. The Bertz CT molecular complexity index is 725. The zero-order valence-electron chi connectivity index (χ0n) is 10.1. The topological polar surface area (TPSA) is 40.9 Å². The highest BCUT2D eigenvalue weighted by Gasteiger charge is 2.13. The van der Waals surface area contributed by atoms with Crippen LogP contribution in [0.2, 0.25) is 0 Å². The van der Waals surface area contributed by atoms with Gasteiger partial charge in [0, 0.05) is 6.07 Å². The van der Waals surface area contributed by atoms with E-state index in [9.17, 15) is 17.4 Å². The number of hydrogen-bond acceptors (Lipinski definition) is 2. The summed E-state index contributed by atoms with van der Waals surface area (Å²) in [5.41, 5.74) is 0.268. The van der Waals surface area contributed by atoms with Gasteiger partial charge < -0.3 is 0 Å². The van der Waals surface area contributed by atoms with Crippen molar-refractivity contribution >= 4 is 10.8 Å². The third kappa shape index (κ3) is 3.06. The van der Waals surface area contributed by atoms with Crippen molar-refractivity contribution in [3.63, 3.8) is 0 Å². The smallest absolute Gasteiger partial charge is 0.142 e. The molecule has 0 aliphatic carbocycles. The Balaban J connectivity index is 2.26. The number of hydrogen-bond donors (Lipinski definition) is 0. The second kappa shape index (κ2) is 5.88. The highest BCUT2D eigenvalue weighted by Crippen LogP contribution is 2.18. The molecule has 0 bridgehead atoms. The molecule has 20 heavy (non-hydrogen) atoms. The molecule has 102 valence electrons. The summed E-state index contributed by atoms with van der Waals surface area (Å²) < 4.78 is 51.4. The number of halogens is 3. The van der Waals surface area contributed by atoms with Crippen LogP contribution in [0.15, 0.2) is 41.3 Å². The van der Waals surface area contributed by atoms with Gasteiger partial charge in [0.15, 0.2) is 0 Å². The fourth-order valence-electron chi connectivity index (χ4n) is 1.64. The van der Waals surface area contributed by atoms with Gasteiger partial charge in [-0.3, -0.25) is 4.21 Å². The molecule has 0 saturated heterocycles. The van der Waals surface area contributed by atoms with Gasteiger partial charge in [-0.2, -0.15) is 5.26 Å². The van der Waals surface area contributed by atoms with Gasteiger partial charge in [0.1, 0.15) is 23.5 Å². The molecule has 0 spiro atoms. The van der Waals surface area contributed by atoms with Crippen molar-refractivity contribution in [3.05, 3.63) is 65.0 Å². The van der Waals surface area contributed by atoms with E-state index in [4.69, 9.17) is 5.26 Å². The minimum Gasteiger partial charge on any atom is -0.254 e. The lowest BCUT2D eigenvalue weighted by molar-refractivity contribution is 0.562. The summed E-state index contributed by atoms with van der Waals surface area (Å²) in [6.07, 6.45) is 0. The summed E-state index contributed by atoms with van der Waals surface area (Å²) in [4.78, 5) is -0.130. The highest BCUT2D eigenvalue weighted by atomic mass is 32.2. The van der Waals surface area contributed by atoms with Gasteiger partial charge in [-0.05, 0) is 29.8 Å². The van der Waals surface area contributed by atoms with Gasteiger partial charge in [-0.25, -0.2) is 13.2 Å². The standard InChI is InChI=1S/C14H8F3NOS/c15-11-2-4-14(13(17)6-11)20(19)8-9-1-3-12(16)10(5-9)7-18/h1-6H,8H2. The fraction of sp³-hybridized carbons (Fsp3) is 0.0714. The van der Waals surface area contributed by atoms with Gasteiger partial charge in [-0.15, -0.1) is 0 Å². The molecule has 0 N–H and O–H groups in total. The van der Waals surface area contributed by atoms with E-state index in [2.05, 4.69) is 0 Å². The van der Waals surface area contributed by atoms with Crippen LogP contribution in [0.3, 0.4) is 0 Å². The first-order valence-corrected chi connectivity index (χ1v) is 6.85. The van der Waals surface area contributed by atoms with Crippen molar-refractivity contribution < 1.29 is 17.4 Å². The maximum Gasteiger partial charge on any atom is 0.142 e. The molecule has 2 aromatic rings. The summed E-state index contributed by atoms with van der Waals surface area (Å²) in [7, 11) is -1.74. The minimum atomic E-state index is -1.74. The van der Waals surface area contributed by atoms with E-state index in [1.165, 1.54) is 12.1 Å². The van der Waals surface area contributed by atoms with E-state index in [-0.39, 0.29) is 16.2 Å². The van der Waals surface area contributed by atoms with Gasteiger partial charge in [0.25, 0.3) is 0 Å². The zero-order valence-corrected chi connectivity index (χ0v) is 10.9. The Morgan fingerprint density at radius 1 is 1.05 bits per heavy atom. The van der Waals surface area contributed by atoms with Crippen LogP contribution in [0, 0.1) is 28.8 Å². The first kappa shape index (κ1) is 14.3. The van der Waals surface area contributed by atoms with Crippen LogP contribution >= 0.6 is 0 Å². The van der Waals surface area contributed by atoms with Crippen molar-refractivity contribution in [1.82, 2.24) is 0 Å². The number of benzene rings is 2. The van der Waals surface area contributed by atoms with E-state index in [0.29, 0.717) is 11.6 Å². The van der Waals surface area contributed by atoms with Gasteiger partial charge >= 0.3 is 0 Å². The van der Waals surface area contributed by atoms with E-state index in [1.807, 2.05) is 0 Å². The normalized spacial score (nSPS) is 11.9. The molecule has 6 heteroatoms. The Labute approximate surface area is 115 Å². The molecule has 0 radical (unpaired) electrons. The molecule has 0 aliphatic heterocycles. The van der Waals surface area contributed by atoms with Gasteiger partial charge in [0.2, 0.25) is 0 Å². The number of rotatable bonds is 3. The lowest BCUT2D eigenvalue weighted by atomic mass is 10.1. The second-order valence-electron chi connectivity index (χ2n) is 3.99. The third-order valence-corrected chi connectivity index (χ3v) is 4.01. The maximum atomic E-state index is 13.5. The van der Waals surface area contributed by atoms with Crippen LogP contribution in [-0.2, 0) is 16.6 Å². The largest absolute Gasteiger partial charge is 0.254 e. The highest BCUT2D eigenvalue weighted by molar-refractivity contribution is 7.84. The Morgan fingerprint density at radius 3 is 2.45 bits per heavy atom. The van der Waals surface area contributed by atoms with Crippen molar-refractivity contribution in [1.29, 1.82) is 5.26 Å². The number of nitrogens with zero attached hydrogens (tertiary/aromatic N) is 1. The van der Waals surface area contributed by atoms with Crippen LogP contribution in [-0.4, -0.2) is 4.21 Å². The second-order valence-corrected chi connectivity index (χ2v) is 5.41. The number of nitriles is 1. The lowest BCUT2D eigenvalue weighted by Crippen LogP contribution is -2.01. The molecule has 0 amide bonds. The maximum absolute atomic E-state index is 13.5. The molecular formula is C14H8F3NOS. The molecule has 0 saturated carbocycles. The summed E-state index contributed by atoms with van der Waals surface area (Å²) >= 11 is 0. The molecule has 0 aromatic heterocycles. The van der Waals surface area contributed by atoms with Gasteiger partial charge in [-0.1, -0.05) is 6.07 Å². The Kier molecular flexibility index (Phi) is 4.20. The first-order valence-electron chi connectivity index (χ1n) is 5.53. The van der Waals surface area contributed by atoms with Crippen LogP contribution in [0.1, 0.15) is 11.1 Å². The average molecular weight is 295 g/mol. The monoisotopic (exact) mass is 295 g/mol. The Hall–Kier alpha value is -2.13. The van der Waals surface area contributed by atoms with Crippen LogP contribution < -0.4 is 0 Å². The van der Waals surface area contributed by atoms with E-state index < -0.39 is 28.3 Å². The van der Waals surface area contributed by atoms with Crippen LogP contribution in [0.4, 0.5) is 13.2 Å². The summed E-state index contributed by atoms with van der Waals surface area (Å²) in [6.45, 7) is 0. The van der Waals surface area contributed by atoms with Crippen molar-refractivity contribution in [2.75, 3.05) is 0 Å². The van der Waals surface area contributed by atoms with Crippen molar-refractivity contribution in [3.8, 4) is 6.07 Å². The van der Waals surface area contributed by atoms with E-state index in [0.717, 1.165) is 18.2 Å². The summed E-state index contributed by atoms with van der Waals surface area (Å²) in [5.74, 6) is -2.41. The average Bonchev–Trinajstić information content (AvgIpc) is 2.40. The van der Waals surface area contributed by atoms with Crippen molar-refractivity contribution in [2.45, 2.75) is 10.6 Å².